The molecule has 68 valence electrons. The molecule has 0 fully saturated rings. The van der Waals surface area contributed by atoms with Crippen LogP contribution in [-0.4, -0.2) is 30.6 Å². The first kappa shape index (κ1) is 12.2. The Morgan fingerprint density at radius 3 is 2.73 bits per heavy atom. The third-order valence-electron chi connectivity index (χ3n) is 0.933. The monoisotopic (exact) mass is 231 g/mol. The van der Waals surface area contributed by atoms with Gasteiger partial charge in [0.1, 0.15) is 0 Å². The summed E-state index contributed by atoms with van der Waals surface area (Å²) < 4.78 is 20.4. The summed E-state index contributed by atoms with van der Waals surface area (Å²) in [6.45, 7) is 0. The fourth-order valence-corrected chi connectivity index (χ4v) is 2.64. The highest BCUT2D eigenvalue weighted by Crippen LogP contribution is 2.18. The molecule has 0 N–H and O–H groups in total. The van der Waals surface area contributed by atoms with Crippen LogP contribution < -0.4 is 0 Å². The summed E-state index contributed by atoms with van der Waals surface area (Å²) in [6.07, 6.45) is 0.609. The van der Waals surface area contributed by atoms with Gasteiger partial charge in [-0.05, 0) is 12.2 Å². The molecule has 0 bridgehead atoms. The van der Waals surface area contributed by atoms with Crippen molar-refractivity contribution in [2.24, 2.45) is 0 Å². The van der Waals surface area contributed by atoms with Gasteiger partial charge >= 0.3 is 0 Å². The van der Waals surface area contributed by atoms with Gasteiger partial charge in [-0.3, -0.25) is 4.21 Å². The highest BCUT2D eigenvalue weighted by molar-refractivity contribution is 8.10. The van der Waals surface area contributed by atoms with Gasteiger partial charge in [0.05, 0.1) is 0 Å². The summed E-state index contributed by atoms with van der Waals surface area (Å²) in [7, 11) is 0. The van der Waals surface area contributed by atoms with Crippen molar-refractivity contribution in [1.82, 2.24) is 0 Å². The van der Waals surface area contributed by atoms with Crippen molar-refractivity contribution in [3.63, 3.8) is 0 Å². The van der Waals surface area contributed by atoms with Gasteiger partial charge in [0.2, 0.25) is 0 Å². The van der Waals surface area contributed by atoms with Crippen LogP contribution in [0.2, 0.25) is 0 Å². The molecule has 0 rings (SSSR count). The average Bonchev–Trinajstić information content (AvgIpc) is 1.97. The van der Waals surface area contributed by atoms with Gasteiger partial charge in [0, 0.05) is 16.1 Å². The summed E-state index contributed by atoms with van der Waals surface area (Å²) in [5, 5.41) is 0. The highest BCUT2D eigenvalue weighted by atomic mass is 32.2. The predicted molar refractivity (Wildman–Crippen MR) is 57.5 cm³/mol. The van der Waals surface area contributed by atoms with Crippen molar-refractivity contribution in [2.75, 3.05) is 17.3 Å². The maximum absolute atomic E-state index is 10.1. The zero-order chi connectivity index (χ0) is 8.69. The number of hydrogen-bond acceptors (Lipinski definition) is 5. The van der Waals surface area contributed by atoms with E-state index in [1.165, 1.54) is 0 Å². The highest BCUT2D eigenvalue weighted by Gasteiger charge is 2.01. The van der Waals surface area contributed by atoms with E-state index in [1.54, 1.807) is 11.8 Å². The second-order valence-corrected chi connectivity index (χ2v) is 5.59. The van der Waals surface area contributed by atoms with E-state index in [0.29, 0.717) is 6.42 Å². The van der Waals surface area contributed by atoms with Gasteiger partial charge in [0.25, 0.3) is 0 Å². The first-order chi connectivity index (χ1) is 5.16. The average molecular weight is 231 g/mol. The summed E-state index contributed by atoms with van der Waals surface area (Å²) in [5.74, 6) is 1.93. The van der Waals surface area contributed by atoms with Crippen LogP contribution in [0, 0.1) is 0 Å². The maximum Gasteiger partial charge on any atom is 0.0481 e. The van der Waals surface area contributed by atoms with Crippen molar-refractivity contribution in [3.05, 3.63) is 0 Å². The molecule has 6 heteroatoms. The minimum Gasteiger partial charge on any atom is -0.772 e. The van der Waals surface area contributed by atoms with E-state index < -0.39 is 11.1 Å². The van der Waals surface area contributed by atoms with Crippen LogP contribution >= 0.6 is 37.0 Å². The molecule has 0 saturated heterocycles. The Bertz CT molecular complexity index is 119. The smallest absolute Gasteiger partial charge is 0.0481 e. The van der Waals surface area contributed by atoms with E-state index in [-0.39, 0.29) is 10.3 Å². The summed E-state index contributed by atoms with van der Waals surface area (Å²) in [5.41, 5.74) is 0. The lowest BCUT2D eigenvalue weighted by atomic mass is 10.6. The Kier molecular flexibility index (Phi) is 8.61. The van der Waals surface area contributed by atoms with Gasteiger partial charge in [-0.25, -0.2) is 0 Å². The van der Waals surface area contributed by atoms with Crippen molar-refractivity contribution in [2.45, 2.75) is 11.0 Å². The van der Waals surface area contributed by atoms with Crippen molar-refractivity contribution >= 4 is 48.1 Å². The largest absolute Gasteiger partial charge is 0.772 e. The van der Waals surface area contributed by atoms with E-state index in [0.717, 1.165) is 11.5 Å². The Morgan fingerprint density at radius 1 is 1.64 bits per heavy atom. The lowest BCUT2D eigenvalue weighted by Crippen LogP contribution is -2.03. The molecule has 0 amide bonds. The minimum atomic E-state index is -1.92. The predicted octanol–water partition coefficient (Wildman–Crippen LogP) is 1.17. The number of thiol groups is 2. The molecule has 0 spiro atoms. The molecular formula is C5H11O2S4-. The van der Waals surface area contributed by atoms with Crippen LogP contribution in [0.25, 0.3) is 0 Å². The van der Waals surface area contributed by atoms with Crippen molar-refractivity contribution in [3.8, 4) is 0 Å². The molecule has 0 radical (unpaired) electrons. The molecule has 0 aromatic carbocycles. The molecule has 2 nitrogen and oxygen atoms in total. The molecule has 11 heavy (non-hydrogen) atoms. The summed E-state index contributed by atoms with van der Waals surface area (Å²) in [4.78, 5) is 0. The number of hydrogen-bond donors (Lipinski definition) is 2. The fraction of sp³-hybridized carbons (Fsp3) is 1.00. The first-order valence-corrected chi connectivity index (χ1v) is 6.57. The quantitative estimate of drug-likeness (QED) is 0.410. The van der Waals surface area contributed by atoms with E-state index >= 15 is 0 Å². The van der Waals surface area contributed by atoms with Gasteiger partial charge < -0.3 is 4.55 Å². The van der Waals surface area contributed by atoms with Gasteiger partial charge in [-0.15, -0.1) is 11.8 Å². The second kappa shape index (κ2) is 7.79. The SMILES string of the molecule is O=S([O-])CCC(S)SCCS. The van der Waals surface area contributed by atoms with Crippen LogP contribution in [0.5, 0.6) is 0 Å². The van der Waals surface area contributed by atoms with Crippen LogP contribution in [-0.2, 0) is 11.1 Å². The zero-order valence-electron chi connectivity index (χ0n) is 5.93. The van der Waals surface area contributed by atoms with E-state index in [4.69, 9.17) is 0 Å². The Hall–Kier alpha value is 1.16. The van der Waals surface area contributed by atoms with Crippen molar-refractivity contribution in [1.29, 1.82) is 0 Å². The first-order valence-electron chi connectivity index (χ1n) is 3.13. The van der Waals surface area contributed by atoms with Crippen LogP contribution in [0.4, 0.5) is 0 Å². The van der Waals surface area contributed by atoms with Gasteiger partial charge in [-0.2, -0.15) is 25.3 Å². The standard InChI is InChI=1S/C5H12O2S4/c6-11(7)4-1-5(9)10-3-2-8/h5,8-9H,1-4H2,(H,6,7)/p-1. The molecule has 0 aromatic rings. The fourth-order valence-electron chi connectivity index (χ4n) is 0.469. The van der Waals surface area contributed by atoms with Crippen molar-refractivity contribution < 1.29 is 8.76 Å². The normalized spacial score (nSPS) is 16.3. The van der Waals surface area contributed by atoms with E-state index in [2.05, 4.69) is 25.3 Å². The molecule has 0 aliphatic carbocycles. The summed E-state index contributed by atoms with van der Waals surface area (Å²) in [6, 6.07) is 0. The lowest BCUT2D eigenvalue weighted by molar-refractivity contribution is 0.536. The second-order valence-electron chi connectivity index (χ2n) is 1.85. The number of thioether (sulfide) groups is 1. The third-order valence-corrected chi connectivity index (χ3v) is 3.79. The molecule has 0 heterocycles. The summed E-state index contributed by atoms with van der Waals surface area (Å²) >= 11 is 7.93. The third kappa shape index (κ3) is 9.07. The van der Waals surface area contributed by atoms with Crippen LogP contribution in [0.3, 0.4) is 0 Å². The molecule has 0 aliphatic heterocycles. The van der Waals surface area contributed by atoms with Crippen LogP contribution in [0.15, 0.2) is 0 Å². The Balaban J connectivity index is 3.22. The topological polar surface area (TPSA) is 40.1 Å². The zero-order valence-corrected chi connectivity index (χ0v) is 9.36. The molecule has 2 atom stereocenters. The lowest BCUT2D eigenvalue weighted by Gasteiger charge is -2.10. The molecule has 0 aromatic heterocycles. The maximum atomic E-state index is 10.1. The molecule has 0 saturated carbocycles. The Labute approximate surface area is 85.0 Å². The molecule has 2 unspecified atom stereocenters. The molecular weight excluding hydrogens is 220 g/mol. The minimum absolute atomic E-state index is 0.125. The van der Waals surface area contributed by atoms with Gasteiger partial charge in [-0.1, -0.05) is 11.1 Å². The Morgan fingerprint density at radius 2 is 2.27 bits per heavy atom. The van der Waals surface area contributed by atoms with Gasteiger partial charge in [0.15, 0.2) is 0 Å². The number of rotatable bonds is 6. The van der Waals surface area contributed by atoms with E-state index in [9.17, 15) is 8.76 Å². The van der Waals surface area contributed by atoms with E-state index in [1.807, 2.05) is 0 Å². The molecule has 0 aliphatic rings. The van der Waals surface area contributed by atoms with Crippen LogP contribution in [0.1, 0.15) is 6.42 Å².